The van der Waals surface area contributed by atoms with E-state index in [2.05, 4.69) is 11.8 Å². The van der Waals surface area contributed by atoms with Crippen LogP contribution in [0.1, 0.15) is 55.8 Å². The number of hydrogen-bond donors (Lipinski definition) is 0. The van der Waals surface area contributed by atoms with Crippen LogP contribution in [0.5, 0.6) is 0 Å². The molecule has 0 radical (unpaired) electrons. The van der Waals surface area contributed by atoms with Crippen LogP contribution in [0.3, 0.4) is 0 Å². The van der Waals surface area contributed by atoms with Crippen LogP contribution < -0.4 is 4.90 Å². The number of amides is 1. The Kier molecular flexibility index (Phi) is 5.76. The van der Waals surface area contributed by atoms with Gasteiger partial charge in [0.15, 0.2) is 0 Å². The standard InChI is InChI=1S/C22H31N3O4/c1-17-7-10-24(16-22(17)8-3-2-4-9-22)21(26)19-15-18(25(27)28)5-6-20(19)23-11-13-29-14-12-23/h5-6,15,17H,2-4,7-14,16H2,1H3/t17-/m1/s1. The predicted octanol–water partition coefficient (Wildman–Crippen LogP) is 3.86. The zero-order chi connectivity index (χ0) is 20.4. The molecule has 7 heteroatoms. The van der Waals surface area contributed by atoms with E-state index in [0.29, 0.717) is 37.8 Å². The minimum absolute atomic E-state index is 0.0249. The Morgan fingerprint density at radius 1 is 1.17 bits per heavy atom. The van der Waals surface area contributed by atoms with Crippen LogP contribution in [0.4, 0.5) is 11.4 Å². The van der Waals surface area contributed by atoms with Gasteiger partial charge < -0.3 is 14.5 Å². The summed E-state index contributed by atoms with van der Waals surface area (Å²) in [6.07, 6.45) is 7.14. The minimum atomic E-state index is -0.416. The van der Waals surface area contributed by atoms with Crippen molar-refractivity contribution in [3.05, 3.63) is 33.9 Å². The fourth-order valence-corrected chi connectivity index (χ4v) is 5.41. The molecule has 2 saturated heterocycles. The first-order chi connectivity index (χ1) is 14.0. The molecule has 0 unspecified atom stereocenters. The predicted molar refractivity (Wildman–Crippen MR) is 111 cm³/mol. The molecule has 0 bridgehead atoms. The minimum Gasteiger partial charge on any atom is -0.378 e. The average Bonchev–Trinajstić information content (AvgIpc) is 2.76. The topological polar surface area (TPSA) is 75.9 Å². The Bertz CT molecular complexity index is 769. The van der Waals surface area contributed by atoms with Gasteiger partial charge in [0.25, 0.3) is 11.6 Å². The number of morpholine rings is 1. The van der Waals surface area contributed by atoms with Gasteiger partial charge in [0.2, 0.25) is 0 Å². The maximum absolute atomic E-state index is 13.6. The number of nitro benzene ring substituents is 1. The fourth-order valence-electron chi connectivity index (χ4n) is 5.41. The van der Waals surface area contributed by atoms with E-state index in [4.69, 9.17) is 4.74 Å². The lowest BCUT2D eigenvalue weighted by Crippen LogP contribution is -2.51. The molecule has 1 amide bonds. The average molecular weight is 402 g/mol. The third kappa shape index (κ3) is 3.97. The van der Waals surface area contributed by atoms with E-state index < -0.39 is 4.92 Å². The monoisotopic (exact) mass is 401 g/mol. The number of carbonyl (C=O) groups is 1. The third-order valence-corrected chi connectivity index (χ3v) is 7.29. The summed E-state index contributed by atoms with van der Waals surface area (Å²) in [6, 6.07) is 4.71. The maximum Gasteiger partial charge on any atom is 0.270 e. The highest BCUT2D eigenvalue weighted by molar-refractivity contribution is 6.00. The summed E-state index contributed by atoms with van der Waals surface area (Å²) >= 11 is 0. The molecule has 0 aromatic heterocycles. The summed E-state index contributed by atoms with van der Waals surface area (Å²) in [7, 11) is 0. The summed E-state index contributed by atoms with van der Waals surface area (Å²) in [4.78, 5) is 28.7. The van der Waals surface area contributed by atoms with Crippen molar-refractivity contribution in [1.82, 2.24) is 4.90 Å². The maximum atomic E-state index is 13.6. The van der Waals surface area contributed by atoms with Gasteiger partial charge in [-0.2, -0.15) is 0 Å². The molecule has 1 spiro atoms. The SMILES string of the molecule is C[C@@H]1CCN(C(=O)c2cc([N+](=O)[O-])ccc2N2CCOCC2)CC12CCCCC2. The smallest absolute Gasteiger partial charge is 0.270 e. The Morgan fingerprint density at radius 3 is 2.59 bits per heavy atom. The highest BCUT2D eigenvalue weighted by Crippen LogP contribution is 2.47. The van der Waals surface area contributed by atoms with Crippen LogP contribution in [0, 0.1) is 21.4 Å². The summed E-state index contributed by atoms with van der Waals surface area (Å²) in [6.45, 7) is 6.44. The highest BCUT2D eigenvalue weighted by atomic mass is 16.6. The van der Waals surface area contributed by atoms with E-state index in [9.17, 15) is 14.9 Å². The number of benzene rings is 1. The van der Waals surface area contributed by atoms with Crippen molar-refractivity contribution in [3.8, 4) is 0 Å². The van der Waals surface area contributed by atoms with E-state index in [1.54, 1.807) is 6.07 Å². The van der Waals surface area contributed by atoms with Gasteiger partial charge in [-0.25, -0.2) is 0 Å². The molecular weight excluding hydrogens is 370 g/mol. The Balaban J connectivity index is 1.64. The lowest BCUT2D eigenvalue weighted by Gasteiger charge is -2.49. The first-order valence-electron chi connectivity index (χ1n) is 10.9. The van der Waals surface area contributed by atoms with Crippen molar-refractivity contribution in [2.45, 2.75) is 45.4 Å². The summed E-state index contributed by atoms with van der Waals surface area (Å²) < 4.78 is 5.44. The van der Waals surface area contributed by atoms with Crippen LogP contribution in [0.2, 0.25) is 0 Å². The number of likely N-dealkylation sites (tertiary alicyclic amines) is 1. The van der Waals surface area contributed by atoms with Crippen LogP contribution in [-0.4, -0.2) is 55.1 Å². The van der Waals surface area contributed by atoms with Crippen molar-refractivity contribution >= 4 is 17.3 Å². The van der Waals surface area contributed by atoms with Crippen molar-refractivity contribution in [3.63, 3.8) is 0 Å². The van der Waals surface area contributed by atoms with Gasteiger partial charge in [-0.05, 0) is 36.7 Å². The fraction of sp³-hybridized carbons (Fsp3) is 0.682. The molecular formula is C22H31N3O4. The van der Waals surface area contributed by atoms with Gasteiger partial charge in [0.05, 0.1) is 29.4 Å². The Labute approximate surface area is 172 Å². The number of nitro groups is 1. The van der Waals surface area contributed by atoms with E-state index >= 15 is 0 Å². The molecule has 2 heterocycles. The molecule has 1 aromatic rings. The molecule has 1 aliphatic carbocycles. The number of rotatable bonds is 3. The highest BCUT2D eigenvalue weighted by Gasteiger charge is 2.43. The molecule has 29 heavy (non-hydrogen) atoms. The second-order valence-electron chi connectivity index (χ2n) is 8.90. The summed E-state index contributed by atoms with van der Waals surface area (Å²) in [5, 5.41) is 11.4. The van der Waals surface area contributed by atoms with E-state index in [1.807, 2.05) is 4.90 Å². The molecule has 2 aliphatic heterocycles. The molecule has 0 N–H and O–H groups in total. The van der Waals surface area contributed by atoms with Crippen molar-refractivity contribution in [2.24, 2.45) is 11.3 Å². The molecule has 4 rings (SSSR count). The Morgan fingerprint density at radius 2 is 1.90 bits per heavy atom. The van der Waals surface area contributed by atoms with Gasteiger partial charge in [-0.1, -0.05) is 26.2 Å². The molecule has 1 saturated carbocycles. The molecule has 3 aliphatic rings. The van der Waals surface area contributed by atoms with Gasteiger partial charge in [-0.3, -0.25) is 14.9 Å². The van der Waals surface area contributed by atoms with Crippen molar-refractivity contribution < 1.29 is 14.5 Å². The molecule has 7 nitrogen and oxygen atoms in total. The number of ether oxygens (including phenoxy) is 1. The van der Waals surface area contributed by atoms with Crippen LogP contribution in [-0.2, 0) is 4.74 Å². The Hall–Kier alpha value is -2.15. The van der Waals surface area contributed by atoms with Gasteiger partial charge in [0, 0.05) is 38.3 Å². The lowest BCUT2D eigenvalue weighted by molar-refractivity contribution is -0.384. The first-order valence-corrected chi connectivity index (χ1v) is 10.9. The van der Waals surface area contributed by atoms with Gasteiger partial charge in [0.1, 0.15) is 0 Å². The number of hydrogen-bond acceptors (Lipinski definition) is 5. The summed E-state index contributed by atoms with van der Waals surface area (Å²) in [5.41, 5.74) is 1.44. The van der Waals surface area contributed by atoms with Crippen LogP contribution in [0.15, 0.2) is 18.2 Å². The first kappa shape index (κ1) is 20.1. The third-order valence-electron chi connectivity index (χ3n) is 7.29. The van der Waals surface area contributed by atoms with Crippen molar-refractivity contribution in [1.29, 1.82) is 0 Å². The second-order valence-corrected chi connectivity index (χ2v) is 8.90. The van der Waals surface area contributed by atoms with Crippen LogP contribution in [0.25, 0.3) is 0 Å². The molecule has 3 fully saturated rings. The molecule has 1 aromatic carbocycles. The number of anilines is 1. The lowest BCUT2D eigenvalue weighted by atomic mass is 9.63. The largest absolute Gasteiger partial charge is 0.378 e. The number of non-ortho nitro benzene ring substituents is 1. The quantitative estimate of drug-likeness (QED) is 0.568. The number of carbonyl (C=O) groups excluding carboxylic acids is 1. The summed E-state index contributed by atoms with van der Waals surface area (Å²) in [5.74, 6) is 0.558. The van der Waals surface area contributed by atoms with Crippen molar-refractivity contribution in [2.75, 3.05) is 44.3 Å². The number of nitrogens with zero attached hydrogens (tertiary/aromatic N) is 3. The van der Waals surface area contributed by atoms with Crippen LogP contribution >= 0.6 is 0 Å². The second kappa shape index (κ2) is 8.30. The molecule has 1 atom stereocenters. The van der Waals surface area contributed by atoms with E-state index in [-0.39, 0.29) is 17.0 Å². The zero-order valence-corrected chi connectivity index (χ0v) is 17.3. The van der Waals surface area contributed by atoms with E-state index in [0.717, 1.165) is 25.2 Å². The number of piperidine rings is 1. The zero-order valence-electron chi connectivity index (χ0n) is 17.3. The van der Waals surface area contributed by atoms with E-state index in [1.165, 1.54) is 44.2 Å². The molecule has 158 valence electrons. The van der Waals surface area contributed by atoms with Gasteiger partial charge >= 0.3 is 0 Å². The van der Waals surface area contributed by atoms with Gasteiger partial charge in [-0.15, -0.1) is 0 Å². The normalized spacial score (nSPS) is 24.5.